The fourth-order valence-corrected chi connectivity index (χ4v) is 3.38. The lowest BCUT2D eigenvalue weighted by molar-refractivity contribution is 0.0951. The van der Waals surface area contributed by atoms with Gasteiger partial charge in [-0.25, -0.2) is 8.42 Å². The first-order valence-electron chi connectivity index (χ1n) is 8.07. The van der Waals surface area contributed by atoms with E-state index in [-0.39, 0.29) is 16.8 Å². The number of aliphatic hydroxyl groups is 1. The first kappa shape index (κ1) is 17.4. The summed E-state index contributed by atoms with van der Waals surface area (Å²) < 4.78 is 27.3. The molecule has 2 aromatic rings. The van der Waals surface area contributed by atoms with Crippen molar-refractivity contribution in [3.8, 4) is 0 Å². The molecule has 1 amide bonds. The molecule has 6 nitrogen and oxygen atoms in total. The minimum atomic E-state index is -3.73. The molecule has 0 bridgehead atoms. The van der Waals surface area contributed by atoms with Crippen molar-refractivity contribution in [2.45, 2.75) is 36.8 Å². The van der Waals surface area contributed by atoms with Crippen LogP contribution in [-0.2, 0) is 10.0 Å². The largest absolute Gasteiger partial charge is 0.389 e. The first-order valence-corrected chi connectivity index (χ1v) is 9.55. The second-order valence-electron chi connectivity index (χ2n) is 6.18. The fourth-order valence-electron chi connectivity index (χ4n) is 2.33. The van der Waals surface area contributed by atoms with E-state index in [1.165, 1.54) is 12.1 Å². The SMILES string of the molecule is CC(O)c1ccc(S(=O)(=O)Nc2ccc(C(=O)NC3CC3)cc2)cc1. The molecule has 2 aromatic carbocycles. The number of carbonyl (C=O) groups excluding carboxylic acids is 1. The molecule has 1 saturated carbocycles. The van der Waals surface area contributed by atoms with Gasteiger partial charge in [0.1, 0.15) is 0 Å². The highest BCUT2D eigenvalue weighted by molar-refractivity contribution is 7.92. The highest BCUT2D eigenvalue weighted by atomic mass is 32.2. The van der Waals surface area contributed by atoms with Crippen LogP contribution < -0.4 is 10.0 Å². The molecule has 0 aliphatic heterocycles. The van der Waals surface area contributed by atoms with E-state index in [0.29, 0.717) is 16.8 Å². The molecule has 0 radical (unpaired) electrons. The van der Waals surface area contributed by atoms with Gasteiger partial charge in [-0.1, -0.05) is 12.1 Å². The van der Waals surface area contributed by atoms with Crippen molar-refractivity contribution in [3.63, 3.8) is 0 Å². The van der Waals surface area contributed by atoms with Crippen LogP contribution in [0.1, 0.15) is 41.8 Å². The maximum absolute atomic E-state index is 12.4. The molecule has 1 unspecified atom stereocenters. The Bertz CT molecular complexity index is 855. The Kier molecular flexibility index (Phi) is 4.78. The van der Waals surface area contributed by atoms with Gasteiger partial charge in [0.25, 0.3) is 15.9 Å². The molecule has 1 atom stereocenters. The number of nitrogens with one attached hydrogen (secondary N) is 2. The highest BCUT2D eigenvalue weighted by Gasteiger charge is 2.23. The zero-order chi connectivity index (χ0) is 18.0. The van der Waals surface area contributed by atoms with E-state index in [0.717, 1.165) is 12.8 Å². The third-order valence-electron chi connectivity index (χ3n) is 3.98. The number of benzene rings is 2. The number of sulfonamides is 1. The molecule has 3 N–H and O–H groups in total. The lowest BCUT2D eigenvalue weighted by atomic mass is 10.1. The quantitative estimate of drug-likeness (QED) is 0.737. The zero-order valence-electron chi connectivity index (χ0n) is 13.8. The van der Waals surface area contributed by atoms with Crippen molar-refractivity contribution in [2.24, 2.45) is 0 Å². The van der Waals surface area contributed by atoms with Gasteiger partial charge in [0.05, 0.1) is 11.0 Å². The predicted octanol–water partition coefficient (Wildman–Crippen LogP) is 2.43. The van der Waals surface area contributed by atoms with E-state index in [1.807, 2.05) is 0 Å². The average molecular weight is 360 g/mol. The van der Waals surface area contributed by atoms with Crippen LogP contribution in [0.2, 0.25) is 0 Å². The van der Waals surface area contributed by atoms with Crippen molar-refractivity contribution < 1.29 is 18.3 Å². The number of anilines is 1. The Morgan fingerprint density at radius 2 is 1.68 bits per heavy atom. The number of hydrogen-bond acceptors (Lipinski definition) is 4. The van der Waals surface area contributed by atoms with Gasteiger partial charge in [-0.15, -0.1) is 0 Å². The summed E-state index contributed by atoms with van der Waals surface area (Å²) in [5.74, 6) is -0.148. The number of rotatable bonds is 6. The monoisotopic (exact) mass is 360 g/mol. The summed E-state index contributed by atoms with van der Waals surface area (Å²) in [7, 11) is -3.73. The van der Waals surface area contributed by atoms with Gasteiger partial charge in [-0.05, 0) is 61.7 Å². The molecule has 1 aliphatic rings. The smallest absolute Gasteiger partial charge is 0.261 e. The van der Waals surface area contributed by atoms with Crippen molar-refractivity contribution in [2.75, 3.05) is 4.72 Å². The Balaban J connectivity index is 1.70. The molecule has 0 spiro atoms. The molecule has 1 fully saturated rings. The average Bonchev–Trinajstić information content (AvgIpc) is 3.39. The summed E-state index contributed by atoms with van der Waals surface area (Å²) >= 11 is 0. The Labute approximate surface area is 146 Å². The van der Waals surface area contributed by atoms with E-state index in [4.69, 9.17) is 0 Å². The Hall–Kier alpha value is -2.38. The summed E-state index contributed by atoms with van der Waals surface area (Å²) in [5.41, 5.74) is 1.52. The number of hydrogen-bond donors (Lipinski definition) is 3. The topological polar surface area (TPSA) is 95.5 Å². The normalized spacial score (nSPS) is 15.4. The lowest BCUT2D eigenvalue weighted by Gasteiger charge is -2.10. The van der Waals surface area contributed by atoms with Gasteiger partial charge < -0.3 is 10.4 Å². The van der Waals surface area contributed by atoms with E-state index in [2.05, 4.69) is 10.0 Å². The summed E-state index contributed by atoms with van der Waals surface area (Å²) in [6.07, 6.45) is 1.37. The van der Waals surface area contributed by atoms with Gasteiger partial charge in [-0.3, -0.25) is 9.52 Å². The second-order valence-corrected chi connectivity index (χ2v) is 7.86. The van der Waals surface area contributed by atoms with Crippen molar-refractivity contribution in [1.29, 1.82) is 0 Å². The summed E-state index contributed by atoms with van der Waals surface area (Å²) in [6, 6.07) is 12.6. The van der Waals surface area contributed by atoms with Crippen LogP contribution >= 0.6 is 0 Å². The number of amides is 1. The third kappa shape index (κ3) is 4.37. The Morgan fingerprint density at radius 3 is 2.20 bits per heavy atom. The second kappa shape index (κ2) is 6.85. The van der Waals surface area contributed by atoms with E-state index in [1.54, 1.807) is 43.3 Å². The zero-order valence-corrected chi connectivity index (χ0v) is 14.6. The molecule has 3 rings (SSSR count). The molecule has 132 valence electrons. The maximum Gasteiger partial charge on any atom is 0.261 e. The fraction of sp³-hybridized carbons (Fsp3) is 0.278. The maximum atomic E-state index is 12.4. The van der Waals surface area contributed by atoms with E-state index >= 15 is 0 Å². The third-order valence-corrected chi connectivity index (χ3v) is 5.38. The van der Waals surface area contributed by atoms with Gasteiger partial charge in [0.15, 0.2) is 0 Å². The Morgan fingerprint density at radius 1 is 1.08 bits per heavy atom. The van der Waals surface area contributed by atoms with Crippen LogP contribution in [0, 0.1) is 0 Å². The lowest BCUT2D eigenvalue weighted by Crippen LogP contribution is -2.25. The molecule has 7 heteroatoms. The van der Waals surface area contributed by atoms with Crippen LogP contribution in [0.25, 0.3) is 0 Å². The van der Waals surface area contributed by atoms with Crippen molar-refractivity contribution in [3.05, 3.63) is 59.7 Å². The minimum absolute atomic E-state index is 0.104. The van der Waals surface area contributed by atoms with Crippen molar-refractivity contribution in [1.82, 2.24) is 5.32 Å². The minimum Gasteiger partial charge on any atom is -0.389 e. The van der Waals surface area contributed by atoms with Crippen LogP contribution in [0.15, 0.2) is 53.4 Å². The molecule has 1 aliphatic carbocycles. The molecular weight excluding hydrogens is 340 g/mol. The highest BCUT2D eigenvalue weighted by Crippen LogP contribution is 2.21. The summed E-state index contributed by atoms with van der Waals surface area (Å²) in [4.78, 5) is 12.0. The summed E-state index contributed by atoms with van der Waals surface area (Å²) in [5, 5.41) is 12.4. The molecule has 0 saturated heterocycles. The summed E-state index contributed by atoms with van der Waals surface area (Å²) in [6.45, 7) is 1.61. The standard InChI is InChI=1S/C18H20N2O4S/c1-12(21)13-4-10-17(11-5-13)25(23,24)20-16-6-2-14(3-7-16)18(22)19-15-8-9-15/h2-7,10-12,15,20-21H,8-9H2,1H3,(H,19,22). The van der Waals surface area contributed by atoms with Crippen LogP contribution in [0.5, 0.6) is 0 Å². The number of aliphatic hydroxyl groups excluding tert-OH is 1. The van der Waals surface area contributed by atoms with Gasteiger partial charge in [-0.2, -0.15) is 0 Å². The van der Waals surface area contributed by atoms with Gasteiger partial charge in [0, 0.05) is 17.3 Å². The van der Waals surface area contributed by atoms with E-state index < -0.39 is 16.1 Å². The van der Waals surface area contributed by atoms with Gasteiger partial charge in [0.2, 0.25) is 0 Å². The number of carbonyl (C=O) groups is 1. The van der Waals surface area contributed by atoms with Gasteiger partial charge >= 0.3 is 0 Å². The van der Waals surface area contributed by atoms with Crippen LogP contribution in [0.4, 0.5) is 5.69 Å². The van der Waals surface area contributed by atoms with Crippen LogP contribution in [0.3, 0.4) is 0 Å². The van der Waals surface area contributed by atoms with E-state index in [9.17, 15) is 18.3 Å². The molecule has 0 aromatic heterocycles. The molecule has 0 heterocycles. The van der Waals surface area contributed by atoms with Crippen molar-refractivity contribution >= 4 is 21.6 Å². The molecule has 25 heavy (non-hydrogen) atoms. The molecular formula is C18H20N2O4S. The van der Waals surface area contributed by atoms with Crippen LogP contribution in [-0.4, -0.2) is 25.5 Å². The predicted molar refractivity (Wildman–Crippen MR) is 94.8 cm³/mol. The first-order chi connectivity index (χ1) is 11.8.